The van der Waals surface area contributed by atoms with E-state index >= 15 is 0 Å². The van der Waals surface area contributed by atoms with Crippen LogP contribution < -0.4 is 0 Å². The van der Waals surface area contributed by atoms with Crippen LogP contribution in [-0.2, 0) is 9.59 Å². The maximum atomic E-state index is 11.5. The lowest BCUT2D eigenvalue weighted by atomic mass is 9.95. The number of hydrogen-bond donors (Lipinski definition) is 1. The molecule has 3 heteroatoms. The van der Waals surface area contributed by atoms with Gasteiger partial charge in [0.2, 0.25) is 0 Å². The van der Waals surface area contributed by atoms with Crippen LogP contribution >= 0.6 is 0 Å². The summed E-state index contributed by atoms with van der Waals surface area (Å²) in [7, 11) is 0. The molecule has 106 valence electrons. The molecule has 1 aliphatic carbocycles. The maximum absolute atomic E-state index is 11.5. The molecule has 0 heterocycles. The molecule has 0 aliphatic heterocycles. The summed E-state index contributed by atoms with van der Waals surface area (Å²) in [4.78, 5) is 22.7. The van der Waals surface area contributed by atoms with Crippen molar-refractivity contribution in [2.24, 2.45) is 0 Å². The van der Waals surface area contributed by atoms with Crippen LogP contribution in [0.25, 0.3) is 0 Å². The number of carbonyl (C=O) groups is 2. The lowest BCUT2D eigenvalue weighted by Crippen LogP contribution is -2.20. The minimum absolute atomic E-state index is 0.215. The molecule has 0 aromatic carbocycles. The van der Waals surface area contributed by atoms with Gasteiger partial charge < -0.3 is 5.11 Å². The van der Waals surface area contributed by atoms with Crippen molar-refractivity contribution in [1.29, 1.82) is 0 Å². The summed E-state index contributed by atoms with van der Waals surface area (Å²) in [6.45, 7) is 2.20. The van der Waals surface area contributed by atoms with E-state index in [1.54, 1.807) is 0 Å². The molecule has 1 unspecified atom stereocenters. The Balaban J connectivity index is 2.19. The number of ketones is 2. The highest BCUT2D eigenvalue weighted by molar-refractivity contribution is 6.17. The molecule has 1 atom stereocenters. The van der Waals surface area contributed by atoms with E-state index in [4.69, 9.17) is 0 Å². The first-order valence-corrected chi connectivity index (χ1v) is 7.31. The van der Waals surface area contributed by atoms with Crippen molar-refractivity contribution in [2.45, 2.75) is 64.4 Å². The van der Waals surface area contributed by atoms with E-state index in [1.165, 1.54) is 50.3 Å². The average molecular weight is 264 g/mol. The Morgan fingerprint density at radius 2 is 1.63 bits per heavy atom. The van der Waals surface area contributed by atoms with Crippen LogP contribution in [0.15, 0.2) is 23.8 Å². The fourth-order valence-electron chi connectivity index (χ4n) is 2.24. The van der Waals surface area contributed by atoms with Crippen molar-refractivity contribution in [3.05, 3.63) is 23.8 Å². The van der Waals surface area contributed by atoms with Crippen LogP contribution in [0.4, 0.5) is 0 Å². The van der Waals surface area contributed by atoms with E-state index in [2.05, 4.69) is 6.92 Å². The molecular formula is C16H24O3. The molecule has 0 fully saturated rings. The fraction of sp³-hybridized carbons (Fsp3) is 0.625. The second kappa shape index (κ2) is 8.81. The van der Waals surface area contributed by atoms with Crippen molar-refractivity contribution in [2.75, 3.05) is 0 Å². The van der Waals surface area contributed by atoms with Gasteiger partial charge in [-0.3, -0.25) is 9.59 Å². The molecule has 0 saturated carbocycles. The summed E-state index contributed by atoms with van der Waals surface area (Å²) in [5, 5.41) is 9.93. The molecular weight excluding hydrogens is 240 g/mol. The highest BCUT2D eigenvalue weighted by Gasteiger charge is 2.20. The van der Waals surface area contributed by atoms with Gasteiger partial charge in [0.05, 0.1) is 6.10 Å². The smallest absolute Gasteiger partial charge is 0.184 e. The van der Waals surface area contributed by atoms with Gasteiger partial charge in [0, 0.05) is 5.57 Å². The summed E-state index contributed by atoms with van der Waals surface area (Å²) in [5.74, 6) is -0.455. The lowest BCUT2D eigenvalue weighted by molar-refractivity contribution is -0.115. The SMILES string of the molecule is CCCCCCCCCC(O)C1=CC(=O)C=CC1=O. The minimum atomic E-state index is -0.794. The predicted molar refractivity (Wildman–Crippen MR) is 75.9 cm³/mol. The first kappa shape index (κ1) is 15.8. The van der Waals surface area contributed by atoms with E-state index in [1.807, 2.05) is 0 Å². The van der Waals surface area contributed by atoms with Crippen LogP contribution in [0.3, 0.4) is 0 Å². The van der Waals surface area contributed by atoms with Crippen LogP contribution in [0.5, 0.6) is 0 Å². The van der Waals surface area contributed by atoms with Gasteiger partial charge in [-0.25, -0.2) is 0 Å². The van der Waals surface area contributed by atoms with Crippen molar-refractivity contribution in [1.82, 2.24) is 0 Å². The molecule has 0 radical (unpaired) electrons. The summed E-state index contributed by atoms with van der Waals surface area (Å²) in [6.07, 6.45) is 11.7. The monoisotopic (exact) mass is 264 g/mol. The first-order chi connectivity index (χ1) is 9.15. The number of aliphatic hydroxyl groups excluding tert-OH is 1. The first-order valence-electron chi connectivity index (χ1n) is 7.31. The highest BCUT2D eigenvalue weighted by atomic mass is 16.3. The molecule has 19 heavy (non-hydrogen) atoms. The normalized spacial score (nSPS) is 16.6. The summed E-state index contributed by atoms with van der Waals surface area (Å²) >= 11 is 0. The molecule has 1 aliphatic rings. The highest BCUT2D eigenvalue weighted by Crippen LogP contribution is 2.16. The van der Waals surface area contributed by atoms with Crippen molar-refractivity contribution in [3.8, 4) is 0 Å². The average Bonchev–Trinajstić information content (AvgIpc) is 2.40. The number of carbonyl (C=O) groups excluding carboxylic acids is 2. The summed E-state index contributed by atoms with van der Waals surface area (Å²) in [6, 6.07) is 0. The fourth-order valence-corrected chi connectivity index (χ4v) is 2.24. The van der Waals surface area contributed by atoms with Gasteiger partial charge in [-0.15, -0.1) is 0 Å². The Morgan fingerprint density at radius 3 is 2.32 bits per heavy atom. The van der Waals surface area contributed by atoms with E-state index in [-0.39, 0.29) is 17.1 Å². The molecule has 0 aromatic rings. The van der Waals surface area contributed by atoms with Crippen molar-refractivity contribution in [3.63, 3.8) is 0 Å². The van der Waals surface area contributed by atoms with Crippen LogP contribution in [0, 0.1) is 0 Å². The second-order valence-corrected chi connectivity index (χ2v) is 5.13. The quantitative estimate of drug-likeness (QED) is 0.514. The molecule has 0 spiro atoms. The summed E-state index contributed by atoms with van der Waals surface area (Å²) < 4.78 is 0. The Kier molecular flexibility index (Phi) is 7.34. The van der Waals surface area contributed by atoms with Gasteiger partial charge in [0.15, 0.2) is 11.6 Å². The van der Waals surface area contributed by atoms with Gasteiger partial charge in [-0.1, -0.05) is 51.9 Å². The maximum Gasteiger partial charge on any atom is 0.184 e. The number of rotatable bonds is 9. The zero-order valence-electron chi connectivity index (χ0n) is 11.7. The van der Waals surface area contributed by atoms with Crippen LogP contribution in [-0.4, -0.2) is 22.8 Å². The zero-order valence-corrected chi connectivity index (χ0v) is 11.7. The van der Waals surface area contributed by atoms with E-state index in [0.29, 0.717) is 6.42 Å². The topological polar surface area (TPSA) is 54.4 Å². The number of aliphatic hydroxyl groups is 1. The predicted octanol–water partition coefficient (Wildman–Crippen LogP) is 3.12. The lowest BCUT2D eigenvalue weighted by Gasteiger charge is -2.14. The molecule has 1 rings (SSSR count). The largest absolute Gasteiger partial charge is 0.388 e. The molecule has 1 N–H and O–H groups in total. The zero-order chi connectivity index (χ0) is 14.1. The molecule has 0 amide bonds. The van der Waals surface area contributed by atoms with E-state index in [0.717, 1.165) is 12.8 Å². The third-order valence-corrected chi connectivity index (χ3v) is 3.42. The molecule has 0 bridgehead atoms. The van der Waals surface area contributed by atoms with Gasteiger partial charge in [-0.05, 0) is 24.6 Å². The van der Waals surface area contributed by atoms with Gasteiger partial charge >= 0.3 is 0 Å². The Hall–Kier alpha value is -1.22. The van der Waals surface area contributed by atoms with E-state index < -0.39 is 6.10 Å². The van der Waals surface area contributed by atoms with Crippen molar-refractivity contribution >= 4 is 11.6 Å². The Morgan fingerprint density at radius 1 is 1.00 bits per heavy atom. The van der Waals surface area contributed by atoms with E-state index in [9.17, 15) is 14.7 Å². The number of unbranched alkanes of at least 4 members (excludes halogenated alkanes) is 6. The minimum Gasteiger partial charge on any atom is -0.388 e. The standard InChI is InChI=1S/C16H24O3/c1-2-3-4-5-6-7-8-9-15(18)14-12-13(17)10-11-16(14)19/h10-12,15,18H,2-9H2,1H3. The van der Waals surface area contributed by atoms with Gasteiger partial charge in [-0.2, -0.15) is 0 Å². The van der Waals surface area contributed by atoms with Gasteiger partial charge in [0.1, 0.15) is 0 Å². The van der Waals surface area contributed by atoms with Gasteiger partial charge in [0.25, 0.3) is 0 Å². The third-order valence-electron chi connectivity index (χ3n) is 3.42. The second-order valence-electron chi connectivity index (χ2n) is 5.13. The molecule has 3 nitrogen and oxygen atoms in total. The summed E-state index contributed by atoms with van der Waals surface area (Å²) in [5.41, 5.74) is 0.249. The molecule has 0 saturated heterocycles. The number of allylic oxidation sites excluding steroid dienone is 3. The Bertz CT molecular complexity index is 366. The Labute approximate surface area is 115 Å². The van der Waals surface area contributed by atoms with Crippen LogP contribution in [0.2, 0.25) is 0 Å². The van der Waals surface area contributed by atoms with Crippen LogP contribution in [0.1, 0.15) is 58.3 Å². The van der Waals surface area contributed by atoms with Crippen molar-refractivity contribution < 1.29 is 14.7 Å². The third kappa shape index (κ3) is 5.97. The number of hydrogen-bond acceptors (Lipinski definition) is 3. The molecule has 0 aromatic heterocycles.